The number of carbonyl (C=O) groups is 1. The van der Waals surface area contributed by atoms with Gasteiger partial charge in [0.2, 0.25) is 0 Å². The molecule has 1 aliphatic carbocycles. The molecule has 4 rings (SSSR count). The number of fused-ring (bicyclic) bond motifs is 2. The Morgan fingerprint density at radius 1 is 1.23 bits per heavy atom. The first kappa shape index (κ1) is 16.8. The van der Waals surface area contributed by atoms with Crippen molar-refractivity contribution in [1.82, 2.24) is 4.90 Å². The number of nitrogens with zero attached hydrogens (tertiary/aromatic N) is 1. The molecule has 0 bridgehead atoms. The first-order valence-electron chi connectivity index (χ1n) is 8.55. The molecule has 0 radical (unpaired) electrons. The highest BCUT2D eigenvalue weighted by Gasteiger charge is 2.53. The van der Waals surface area contributed by atoms with E-state index in [0.29, 0.717) is 24.2 Å². The molecule has 2 aromatic carbocycles. The van der Waals surface area contributed by atoms with E-state index < -0.39 is 17.1 Å². The third-order valence-electron chi connectivity index (χ3n) is 5.36. The Morgan fingerprint density at radius 3 is 2.50 bits per heavy atom. The summed E-state index contributed by atoms with van der Waals surface area (Å²) in [7, 11) is 1.60. The average Bonchev–Trinajstić information content (AvgIpc) is 3.39. The molecule has 1 amide bonds. The molecular weight excluding hydrogens is 336 g/mol. The molecule has 0 saturated heterocycles. The summed E-state index contributed by atoms with van der Waals surface area (Å²) in [5.41, 5.74) is 1.14. The van der Waals surface area contributed by atoms with E-state index in [9.17, 15) is 13.6 Å². The first-order chi connectivity index (χ1) is 12.4. The molecule has 5 heteroatoms. The molecule has 0 atom stereocenters. The van der Waals surface area contributed by atoms with E-state index in [2.05, 4.69) is 6.58 Å². The van der Waals surface area contributed by atoms with Gasteiger partial charge in [-0.15, -0.1) is 0 Å². The van der Waals surface area contributed by atoms with Crippen LogP contribution >= 0.6 is 0 Å². The Hall–Kier alpha value is -2.69. The molecule has 0 N–H and O–H groups in total. The number of methoxy groups -OCH3 is 1. The van der Waals surface area contributed by atoms with Crippen molar-refractivity contribution >= 4 is 11.7 Å². The lowest BCUT2D eigenvalue weighted by atomic mass is 9.84. The Kier molecular flexibility index (Phi) is 3.83. The van der Waals surface area contributed by atoms with Crippen LogP contribution in [0.2, 0.25) is 0 Å². The molecule has 2 aliphatic rings. The molecular formula is C21H19F2NO2. The number of hydrogen-bond donors (Lipinski definition) is 0. The van der Waals surface area contributed by atoms with Gasteiger partial charge in [0.1, 0.15) is 17.4 Å². The van der Waals surface area contributed by atoms with Gasteiger partial charge >= 0.3 is 0 Å². The van der Waals surface area contributed by atoms with Crippen LogP contribution in [0.15, 0.2) is 43.0 Å². The number of hydrogen-bond acceptors (Lipinski definition) is 2. The van der Waals surface area contributed by atoms with E-state index in [-0.39, 0.29) is 11.5 Å². The molecule has 1 heterocycles. The van der Waals surface area contributed by atoms with Crippen molar-refractivity contribution in [1.29, 1.82) is 0 Å². The van der Waals surface area contributed by atoms with Gasteiger partial charge in [-0.25, -0.2) is 8.78 Å². The number of halogens is 2. The number of rotatable bonds is 4. The van der Waals surface area contributed by atoms with Gasteiger partial charge in [-0.05, 0) is 42.7 Å². The van der Waals surface area contributed by atoms with Crippen LogP contribution < -0.4 is 4.74 Å². The Morgan fingerprint density at radius 2 is 1.92 bits per heavy atom. The minimum absolute atomic E-state index is 0.147. The maximum atomic E-state index is 14.9. The van der Waals surface area contributed by atoms with E-state index >= 15 is 0 Å². The van der Waals surface area contributed by atoms with Crippen LogP contribution in [0.1, 0.15) is 39.9 Å². The minimum atomic E-state index is -0.811. The molecule has 1 spiro atoms. The topological polar surface area (TPSA) is 29.5 Å². The standard InChI is InChI=1S/C21H19F2NO2/c1-13(22)16-7-8-17-18(19(16)23)21(9-10-21)12-24(20(17)25)11-14-3-5-15(26-2)6-4-14/h3-8H,1,9-12H2,2H3. The quantitative estimate of drug-likeness (QED) is 0.810. The fraction of sp³-hybridized carbons (Fsp3) is 0.286. The van der Waals surface area contributed by atoms with Gasteiger partial charge in [-0.3, -0.25) is 4.79 Å². The van der Waals surface area contributed by atoms with Crippen LogP contribution in [0.5, 0.6) is 5.75 Å². The number of amides is 1. The largest absolute Gasteiger partial charge is 0.497 e. The lowest BCUT2D eigenvalue weighted by Gasteiger charge is -2.35. The third-order valence-corrected chi connectivity index (χ3v) is 5.36. The summed E-state index contributed by atoms with van der Waals surface area (Å²) in [4.78, 5) is 14.7. The van der Waals surface area contributed by atoms with Crippen LogP contribution in [-0.4, -0.2) is 24.5 Å². The summed E-state index contributed by atoms with van der Waals surface area (Å²) >= 11 is 0. The van der Waals surface area contributed by atoms with E-state index in [4.69, 9.17) is 4.74 Å². The number of ether oxygens (including phenoxy) is 1. The molecule has 134 valence electrons. The van der Waals surface area contributed by atoms with Gasteiger partial charge in [-0.1, -0.05) is 18.7 Å². The lowest BCUT2D eigenvalue weighted by molar-refractivity contribution is 0.0695. The van der Waals surface area contributed by atoms with Gasteiger partial charge in [0.25, 0.3) is 5.91 Å². The maximum Gasteiger partial charge on any atom is 0.254 e. The van der Waals surface area contributed by atoms with Crippen LogP contribution in [-0.2, 0) is 12.0 Å². The molecule has 0 aromatic heterocycles. The average molecular weight is 355 g/mol. The zero-order valence-corrected chi connectivity index (χ0v) is 14.5. The Balaban J connectivity index is 1.69. The molecule has 2 aromatic rings. The molecule has 1 saturated carbocycles. The summed E-state index contributed by atoms with van der Waals surface area (Å²) in [6.45, 7) is 4.09. The van der Waals surface area contributed by atoms with Crippen molar-refractivity contribution in [3.63, 3.8) is 0 Å². The second-order valence-electron chi connectivity index (χ2n) is 7.04. The zero-order valence-electron chi connectivity index (χ0n) is 14.5. The predicted molar refractivity (Wildman–Crippen MR) is 95.2 cm³/mol. The molecule has 3 nitrogen and oxygen atoms in total. The van der Waals surface area contributed by atoms with Crippen LogP contribution in [0.25, 0.3) is 5.83 Å². The summed E-state index contributed by atoms with van der Waals surface area (Å²) in [6.07, 6.45) is 1.59. The van der Waals surface area contributed by atoms with Crippen molar-refractivity contribution in [3.8, 4) is 5.75 Å². The van der Waals surface area contributed by atoms with Crippen LogP contribution in [0, 0.1) is 5.82 Å². The number of carbonyl (C=O) groups excluding carboxylic acids is 1. The maximum absolute atomic E-state index is 14.9. The SMILES string of the molecule is C=C(F)c1ccc2c(c1F)C1(CC1)CN(Cc1ccc(OC)cc1)C2=O. The second-order valence-corrected chi connectivity index (χ2v) is 7.04. The van der Waals surface area contributed by atoms with Crippen molar-refractivity contribution in [2.45, 2.75) is 24.8 Å². The summed E-state index contributed by atoms with van der Waals surface area (Å²) < 4.78 is 33.5. The first-order valence-corrected chi connectivity index (χ1v) is 8.55. The van der Waals surface area contributed by atoms with Gasteiger partial charge in [0, 0.05) is 35.2 Å². The van der Waals surface area contributed by atoms with Crippen LogP contribution in [0.3, 0.4) is 0 Å². The van der Waals surface area contributed by atoms with Crippen molar-refractivity contribution in [2.24, 2.45) is 0 Å². The smallest absolute Gasteiger partial charge is 0.254 e. The van der Waals surface area contributed by atoms with Gasteiger partial charge in [0.15, 0.2) is 0 Å². The molecule has 1 aliphatic heterocycles. The number of benzene rings is 2. The zero-order chi connectivity index (χ0) is 18.5. The van der Waals surface area contributed by atoms with E-state index in [0.717, 1.165) is 24.2 Å². The van der Waals surface area contributed by atoms with Gasteiger partial charge < -0.3 is 9.64 Å². The van der Waals surface area contributed by atoms with E-state index in [1.54, 1.807) is 12.0 Å². The Labute approximate surface area is 150 Å². The molecule has 26 heavy (non-hydrogen) atoms. The summed E-state index contributed by atoms with van der Waals surface area (Å²) in [5, 5.41) is 0. The normalized spacial score (nSPS) is 17.2. The highest BCUT2D eigenvalue weighted by atomic mass is 19.1. The summed E-state index contributed by atoms with van der Waals surface area (Å²) in [5.74, 6) is -0.911. The molecule has 0 unspecified atom stereocenters. The fourth-order valence-corrected chi connectivity index (χ4v) is 3.81. The molecule has 1 fully saturated rings. The monoisotopic (exact) mass is 355 g/mol. The highest BCUT2D eigenvalue weighted by Crippen LogP contribution is 2.54. The highest BCUT2D eigenvalue weighted by molar-refractivity contribution is 5.98. The predicted octanol–water partition coefficient (Wildman–Crippen LogP) is 4.46. The summed E-state index contributed by atoms with van der Waals surface area (Å²) in [6, 6.07) is 10.4. The fourth-order valence-electron chi connectivity index (χ4n) is 3.81. The van der Waals surface area contributed by atoms with Crippen molar-refractivity contribution < 1.29 is 18.3 Å². The van der Waals surface area contributed by atoms with E-state index in [1.807, 2.05) is 24.3 Å². The van der Waals surface area contributed by atoms with Gasteiger partial charge in [0.05, 0.1) is 7.11 Å². The van der Waals surface area contributed by atoms with E-state index in [1.165, 1.54) is 12.1 Å². The second kappa shape index (κ2) is 5.94. The Bertz CT molecular complexity index is 901. The third kappa shape index (κ3) is 2.59. The van der Waals surface area contributed by atoms with Crippen molar-refractivity contribution in [2.75, 3.05) is 13.7 Å². The van der Waals surface area contributed by atoms with Crippen LogP contribution in [0.4, 0.5) is 8.78 Å². The minimum Gasteiger partial charge on any atom is -0.497 e. The lowest BCUT2D eigenvalue weighted by Crippen LogP contribution is -2.43. The van der Waals surface area contributed by atoms with Crippen molar-refractivity contribution in [3.05, 3.63) is 71.0 Å². The van der Waals surface area contributed by atoms with Gasteiger partial charge in [-0.2, -0.15) is 0 Å².